The van der Waals surface area contributed by atoms with E-state index in [1.165, 1.54) is 16.9 Å². The van der Waals surface area contributed by atoms with Gasteiger partial charge in [0.05, 0.1) is 0 Å². The van der Waals surface area contributed by atoms with Crippen molar-refractivity contribution in [3.63, 3.8) is 0 Å². The van der Waals surface area contributed by atoms with Crippen LogP contribution in [0.1, 0.15) is 35.9 Å². The van der Waals surface area contributed by atoms with Crippen LogP contribution in [-0.4, -0.2) is 52.8 Å². The largest absolute Gasteiger partial charge is 0.339 e. The van der Waals surface area contributed by atoms with Crippen LogP contribution in [0.4, 0.5) is 5.69 Å². The number of hydrogen-bond acceptors (Lipinski definition) is 7. The molecule has 0 saturated carbocycles. The maximum atomic E-state index is 13.6. The number of benzene rings is 2. The highest BCUT2D eigenvalue weighted by Crippen LogP contribution is 2.27. The monoisotopic (exact) mass is 585 g/mol. The van der Waals surface area contributed by atoms with Gasteiger partial charge >= 0.3 is 0 Å². The summed E-state index contributed by atoms with van der Waals surface area (Å²) >= 11 is 6.59. The lowest BCUT2D eigenvalue weighted by Gasteiger charge is -2.20. The van der Waals surface area contributed by atoms with Crippen LogP contribution in [0.3, 0.4) is 0 Å². The van der Waals surface area contributed by atoms with Gasteiger partial charge in [-0.25, -0.2) is 0 Å². The molecule has 1 atom stereocenters. The summed E-state index contributed by atoms with van der Waals surface area (Å²) < 4.78 is 3.08. The summed E-state index contributed by atoms with van der Waals surface area (Å²) in [5.41, 5.74) is 3.73. The predicted octanol–water partition coefficient (Wildman–Crippen LogP) is 3.64. The molecule has 0 spiro atoms. The summed E-state index contributed by atoms with van der Waals surface area (Å²) in [6.45, 7) is 3.87. The van der Waals surface area contributed by atoms with Crippen LogP contribution in [0.5, 0.6) is 0 Å². The number of hydrogen-bond donors (Lipinski definition) is 3. The predicted molar refractivity (Wildman–Crippen MR) is 158 cm³/mol. The lowest BCUT2D eigenvalue weighted by atomic mass is 9.99. The number of H-pyrrole nitrogens is 1. The second kappa shape index (κ2) is 12.2. The zero-order valence-electron chi connectivity index (χ0n) is 23.1. The van der Waals surface area contributed by atoms with Crippen molar-refractivity contribution < 1.29 is 9.59 Å². The molecule has 3 aromatic heterocycles. The van der Waals surface area contributed by atoms with E-state index in [2.05, 4.69) is 36.4 Å². The van der Waals surface area contributed by atoms with Gasteiger partial charge in [-0.3, -0.25) is 19.1 Å². The third-order valence-electron chi connectivity index (χ3n) is 6.73. The van der Waals surface area contributed by atoms with Crippen molar-refractivity contribution in [3.05, 3.63) is 99.7 Å². The van der Waals surface area contributed by atoms with Crippen molar-refractivity contribution in [3.8, 4) is 22.5 Å². The Labute approximate surface area is 245 Å². The zero-order chi connectivity index (χ0) is 29.8. The van der Waals surface area contributed by atoms with Crippen molar-refractivity contribution in [2.75, 3.05) is 5.32 Å². The van der Waals surface area contributed by atoms with Gasteiger partial charge in [-0.05, 0) is 84.3 Å². The summed E-state index contributed by atoms with van der Waals surface area (Å²) in [7, 11) is 1.65. The van der Waals surface area contributed by atoms with Crippen molar-refractivity contribution in [1.82, 2.24) is 40.3 Å². The maximum absolute atomic E-state index is 13.6. The molecule has 5 aromatic rings. The van der Waals surface area contributed by atoms with Crippen LogP contribution in [0.15, 0.2) is 77.9 Å². The molecule has 0 aliphatic heterocycles. The summed E-state index contributed by atoms with van der Waals surface area (Å²) in [6, 6.07) is 16.2. The Kier molecular flexibility index (Phi) is 8.25. The van der Waals surface area contributed by atoms with Gasteiger partial charge in [0, 0.05) is 54.2 Å². The summed E-state index contributed by atoms with van der Waals surface area (Å²) in [4.78, 5) is 39.0. The molecular formula is C29H28ClN9O3. The number of aryl methyl sites for hydroxylation is 1. The second-order valence-corrected chi connectivity index (χ2v) is 10.3. The highest BCUT2D eigenvalue weighted by molar-refractivity contribution is 6.31. The minimum Gasteiger partial charge on any atom is -0.339 e. The molecule has 0 aliphatic rings. The Bertz CT molecular complexity index is 1780. The third-order valence-corrected chi connectivity index (χ3v) is 7.10. The standard InChI is InChI=1S/C29H28ClN9O3/c1-17(2)39-16-20(7-11-26(39)40)19-6-10-23(30)21(14-19)15-24(33-29(42)25-12-13-31-38(25)3)28(41)32-22-8-4-18(5-9-22)27-34-36-37-35-27/h4-14,16-17,24H,15H2,1-3H3,(H,32,41)(H,33,42)(H,34,35,36,37). The number of nitrogens with one attached hydrogen (secondary N) is 3. The number of anilines is 1. The first-order valence-electron chi connectivity index (χ1n) is 13.1. The van der Waals surface area contributed by atoms with Crippen molar-refractivity contribution in [2.24, 2.45) is 7.05 Å². The molecule has 0 bridgehead atoms. The fourth-order valence-corrected chi connectivity index (χ4v) is 4.66. The lowest BCUT2D eigenvalue weighted by molar-refractivity contribution is -0.118. The van der Waals surface area contributed by atoms with Gasteiger partial charge in [0.15, 0.2) is 0 Å². The minimum atomic E-state index is -0.985. The molecule has 3 heterocycles. The summed E-state index contributed by atoms with van der Waals surface area (Å²) in [5.74, 6) is -0.473. The number of pyridine rings is 1. The number of rotatable bonds is 9. The van der Waals surface area contributed by atoms with Crippen LogP contribution in [-0.2, 0) is 18.3 Å². The number of aromatic nitrogens is 7. The highest BCUT2D eigenvalue weighted by Gasteiger charge is 2.25. The Morgan fingerprint density at radius 2 is 1.74 bits per heavy atom. The molecule has 1 unspecified atom stereocenters. The van der Waals surface area contributed by atoms with Crippen LogP contribution in [0.25, 0.3) is 22.5 Å². The van der Waals surface area contributed by atoms with Gasteiger partial charge in [0.1, 0.15) is 11.7 Å². The Morgan fingerprint density at radius 3 is 2.40 bits per heavy atom. The number of carbonyl (C=O) groups excluding carboxylic acids is 2. The number of carbonyl (C=O) groups is 2. The van der Waals surface area contributed by atoms with Gasteiger partial charge in [0.25, 0.3) is 11.5 Å². The van der Waals surface area contributed by atoms with E-state index in [-0.39, 0.29) is 18.0 Å². The molecule has 0 radical (unpaired) electrons. The highest BCUT2D eigenvalue weighted by atomic mass is 35.5. The minimum absolute atomic E-state index is 0.0132. The SMILES string of the molecule is CC(C)n1cc(-c2ccc(Cl)c(CC(NC(=O)c3ccnn3C)C(=O)Nc3ccc(-c4nn[nH]n4)cc3)c2)ccc1=O. The first-order chi connectivity index (χ1) is 20.2. The number of halogens is 1. The van der Waals surface area contributed by atoms with Gasteiger partial charge in [0.2, 0.25) is 11.7 Å². The third kappa shape index (κ3) is 6.28. The van der Waals surface area contributed by atoms with E-state index < -0.39 is 17.9 Å². The fraction of sp³-hybridized carbons (Fsp3) is 0.207. The van der Waals surface area contributed by atoms with Crippen LogP contribution in [0, 0.1) is 0 Å². The topological polar surface area (TPSA) is 152 Å². The molecule has 0 aliphatic carbocycles. The van der Waals surface area contributed by atoms with E-state index in [9.17, 15) is 14.4 Å². The van der Waals surface area contributed by atoms with E-state index in [0.717, 1.165) is 16.7 Å². The van der Waals surface area contributed by atoms with E-state index in [4.69, 9.17) is 11.6 Å². The average Bonchev–Trinajstić information content (AvgIpc) is 3.66. The molecule has 5 rings (SSSR count). The van der Waals surface area contributed by atoms with Crippen molar-refractivity contribution >= 4 is 29.1 Å². The first-order valence-corrected chi connectivity index (χ1v) is 13.5. The molecule has 12 nitrogen and oxygen atoms in total. The quantitative estimate of drug-likeness (QED) is 0.239. The second-order valence-electron chi connectivity index (χ2n) is 9.94. The average molecular weight is 586 g/mol. The van der Waals surface area contributed by atoms with Crippen molar-refractivity contribution in [2.45, 2.75) is 32.4 Å². The number of tetrazole rings is 1. The van der Waals surface area contributed by atoms with Crippen LogP contribution >= 0.6 is 11.6 Å². The smallest absolute Gasteiger partial charge is 0.270 e. The number of amides is 2. The first kappa shape index (κ1) is 28.4. The molecule has 214 valence electrons. The number of nitrogens with zero attached hydrogens (tertiary/aromatic N) is 6. The van der Waals surface area contributed by atoms with E-state index in [0.29, 0.717) is 27.8 Å². The molecule has 2 amide bonds. The summed E-state index contributed by atoms with van der Waals surface area (Å²) in [5, 5.41) is 24.1. The molecule has 42 heavy (non-hydrogen) atoms. The molecular weight excluding hydrogens is 558 g/mol. The number of aromatic amines is 1. The van der Waals surface area contributed by atoms with Crippen LogP contribution in [0.2, 0.25) is 5.02 Å². The van der Waals surface area contributed by atoms with Gasteiger partial charge in [-0.15, -0.1) is 10.2 Å². The maximum Gasteiger partial charge on any atom is 0.270 e. The van der Waals surface area contributed by atoms with Gasteiger partial charge in [-0.2, -0.15) is 10.3 Å². The van der Waals surface area contributed by atoms with Crippen LogP contribution < -0.4 is 16.2 Å². The molecule has 2 aromatic carbocycles. The van der Waals surface area contributed by atoms with Gasteiger partial charge < -0.3 is 15.2 Å². The van der Waals surface area contributed by atoms with E-state index >= 15 is 0 Å². The fourth-order valence-electron chi connectivity index (χ4n) is 4.46. The summed E-state index contributed by atoms with van der Waals surface area (Å²) in [6.07, 6.45) is 3.41. The molecule has 0 saturated heterocycles. The molecule has 13 heteroatoms. The Hall–Kier alpha value is -5.10. The lowest BCUT2D eigenvalue weighted by Crippen LogP contribution is -2.45. The van der Waals surface area contributed by atoms with E-state index in [1.54, 1.807) is 60.3 Å². The zero-order valence-corrected chi connectivity index (χ0v) is 23.8. The van der Waals surface area contributed by atoms with Crippen molar-refractivity contribution in [1.29, 1.82) is 0 Å². The molecule has 3 N–H and O–H groups in total. The van der Waals surface area contributed by atoms with Gasteiger partial charge in [-0.1, -0.05) is 17.7 Å². The Morgan fingerprint density at radius 1 is 1.00 bits per heavy atom. The molecule has 0 fully saturated rings. The normalized spacial score (nSPS) is 11.8. The van der Waals surface area contributed by atoms with E-state index in [1.807, 2.05) is 26.0 Å². The Balaban J connectivity index is 1.43.